The van der Waals surface area contributed by atoms with Gasteiger partial charge in [-0.05, 0) is 29.3 Å². The number of hydrogen-bond acceptors (Lipinski definition) is 8. The minimum atomic E-state index is -0.0535. The van der Waals surface area contributed by atoms with E-state index in [0.717, 1.165) is 39.3 Å². The van der Waals surface area contributed by atoms with Crippen molar-refractivity contribution in [3.05, 3.63) is 211 Å². The normalized spacial score (nSPS) is 16.0. The lowest BCUT2D eigenvalue weighted by molar-refractivity contribution is 0.726. The summed E-state index contributed by atoms with van der Waals surface area (Å²) in [4.78, 5) is 32.7. The number of aliphatic imine (C=N–C) groups is 1. The lowest BCUT2D eigenvalue weighted by atomic mass is 9.92. The molecular weight excluding hydrogens is 689 g/mol. The Morgan fingerprint density at radius 3 is 1.82 bits per heavy atom. The fourth-order valence-corrected chi connectivity index (χ4v) is 7.13. The van der Waals surface area contributed by atoms with E-state index in [2.05, 4.69) is 54.0 Å². The van der Waals surface area contributed by atoms with Gasteiger partial charge in [0, 0.05) is 34.0 Å². The number of rotatable bonds is 9. The number of fused-ring (bicyclic) bond motifs is 3. The highest BCUT2D eigenvalue weighted by Crippen LogP contribution is 2.46. The van der Waals surface area contributed by atoms with Crippen molar-refractivity contribution < 1.29 is 0 Å². The van der Waals surface area contributed by atoms with Gasteiger partial charge < -0.3 is 10.6 Å². The molecule has 2 N–H and O–H groups in total. The molecule has 0 fully saturated rings. The van der Waals surface area contributed by atoms with E-state index in [4.69, 9.17) is 35.6 Å². The Kier molecular flexibility index (Phi) is 9.19. The minimum absolute atomic E-state index is 0.0535. The van der Waals surface area contributed by atoms with E-state index in [1.54, 1.807) is 0 Å². The molecule has 1 aliphatic carbocycles. The van der Waals surface area contributed by atoms with Gasteiger partial charge in [-0.2, -0.15) is 9.97 Å². The molecule has 8 heteroatoms. The SMILES string of the molecule is C=C(N=C(/C=C(\N)c1ccccc1)c1ccccc1)c1nc(-c2nc(-c3ccccc3)cc(-c3ccccc3)n2)nc(N2c3ccccc3C3C=CC=CC32)n1. The Balaban J connectivity index is 1.24. The Morgan fingerprint density at radius 1 is 0.607 bits per heavy atom. The molecule has 2 unspecified atom stereocenters. The van der Waals surface area contributed by atoms with Crippen molar-refractivity contribution in [3.63, 3.8) is 0 Å². The first-order valence-electron chi connectivity index (χ1n) is 18.4. The molecule has 8 nitrogen and oxygen atoms in total. The van der Waals surface area contributed by atoms with Crippen LogP contribution in [0.4, 0.5) is 11.6 Å². The van der Waals surface area contributed by atoms with Gasteiger partial charge in [0.25, 0.3) is 0 Å². The third kappa shape index (κ3) is 6.83. The number of aromatic nitrogens is 5. The summed E-state index contributed by atoms with van der Waals surface area (Å²) in [6.07, 6.45) is 10.4. The van der Waals surface area contributed by atoms with Crippen LogP contribution in [0, 0.1) is 0 Å². The van der Waals surface area contributed by atoms with Crippen LogP contribution in [-0.2, 0) is 0 Å². The number of allylic oxidation sites excluding steroid dienone is 3. The van der Waals surface area contributed by atoms with Gasteiger partial charge in [0.1, 0.15) is 5.70 Å². The maximum absolute atomic E-state index is 6.66. The zero-order valence-electron chi connectivity index (χ0n) is 30.4. The van der Waals surface area contributed by atoms with E-state index in [-0.39, 0.29) is 17.8 Å². The molecule has 0 radical (unpaired) electrons. The summed E-state index contributed by atoms with van der Waals surface area (Å²) in [5, 5.41) is 0. The van der Waals surface area contributed by atoms with Gasteiger partial charge in [-0.3, -0.25) is 0 Å². The van der Waals surface area contributed by atoms with Crippen LogP contribution in [0.5, 0.6) is 0 Å². The first-order chi connectivity index (χ1) is 27.6. The van der Waals surface area contributed by atoms with Crippen LogP contribution in [0.1, 0.15) is 28.4 Å². The fourth-order valence-electron chi connectivity index (χ4n) is 7.13. The van der Waals surface area contributed by atoms with Crippen LogP contribution in [0.15, 0.2) is 194 Å². The monoisotopic (exact) mass is 724 g/mol. The van der Waals surface area contributed by atoms with Crippen molar-refractivity contribution in [1.29, 1.82) is 0 Å². The van der Waals surface area contributed by atoms with Crippen molar-refractivity contribution in [2.75, 3.05) is 4.90 Å². The van der Waals surface area contributed by atoms with Crippen molar-refractivity contribution in [2.45, 2.75) is 12.0 Å². The highest BCUT2D eigenvalue weighted by molar-refractivity contribution is 6.13. The summed E-state index contributed by atoms with van der Waals surface area (Å²) in [5.74, 6) is 1.51. The topological polar surface area (TPSA) is 106 Å². The fraction of sp³-hybridized carbons (Fsp3) is 0.0417. The highest BCUT2D eigenvalue weighted by atomic mass is 15.3. The van der Waals surface area contributed by atoms with Crippen molar-refractivity contribution in [2.24, 2.45) is 10.7 Å². The zero-order chi connectivity index (χ0) is 37.8. The zero-order valence-corrected chi connectivity index (χ0v) is 30.4. The second kappa shape index (κ2) is 15.0. The smallest absolute Gasteiger partial charge is 0.234 e. The second-order valence-electron chi connectivity index (χ2n) is 13.5. The number of hydrogen-bond donors (Lipinski definition) is 1. The Bertz CT molecular complexity index is 2610. The molecule has 9 rings (SSSR count). The summed E-state index contributed by atoms with van der Waals surface area (Å²) >= 11 is 0. The van der Waals surface area contributed by atoms with Gasteiger partial charge >= 0.3 is 0 Å². The Hall–Kier alpha value is -7.58. The predicted molar refractivity (Wildman–Crippen MR) is 226 cm³/mol. The quantitative estimate of drug-likeness (QED) is 0.148. The molecule has 2 aromatic heterocycles. The van der Waals surface area contributed by atoms with Crippen LogP contribution in [-0.4, -0.2) is 36.7 Å². The lowest BCUT2D eigenvalue weighted by Crippen LogP contribution is -2.30. The van der Waals surface area contributed by atoms with Crippen LogP contribution < -0.4 is 10.6 Å². The van der Waals surface area contributed by atoms with E-state index in [9.17, 15) is 0 Å². The van der Waals surface area contributed by atoms with Gasteiger partial charge in [0.05, 0.1) is 23.1 Å². The molecular formula is C48H36N8. The van der Waals surface area contributed by atoms with Crippen molar-refractivity contribution >= 4 is 28.7 Å². The van der Waals surface area contributed by atoms with E-state index in [1.165, 1.54) is 5.56 Å². The van der Waals surface area contributed by atoms with E-state index in [1.807, 2.05) is 140 Å². The van der Waals surface area contributed by atoms with Crippen LogP contribution in [0.2, 0.25) is 0 Å². The average Bonchev–Trinajstić information content (AvgIpc) is 3.61. The van der Waals surface area contributed by atoms with E-state index in [0.29, 0.717) is 34.7 Å². The van der Waals surface area contributed by atoms with Crippen molar-refractivity contribution in [3.8, 4) is 34.2 Å². The summed E-state index contributed by atoms with van der Waals surface area (Å²) in [6, 6.07) is 50.1. The molecule has 2 aliphatic rings. The summed E-state index contributed by atoms with van der Waals surface area (Å²) in [7, 11) is 0. The number of nitrogens with two attached hydrogens (primary N) is 1. The summed E-state index contributed by atoms with van der Waals surface area (Å²) < 4.78 is 0. The van der Waals surface area contributed by atoms with E-state index < -0.39 is 0 Å². The lowest BCUT2D eigenvalue weighted by Gasteiger charge is -2.27. The van der Waals surface area contributed by atoms with Gasteiger partial charge in [0.2, 0.25) is 11.8 Å². The average molecular weight is 725 g/mol. The molecule has 2 atom stereocenters. The van der Waals surface area contributed by atoms with E-state index >= 15 is 0 Å². The molecule has 1 aliphatic heterocycles. The van der Waals surface area contributed by atoms with Crippen LogP contribution >= 0.6 is 0 Å². The molecule has 0 spiro atoms. The molecule has 0 bridgehead atoms. The minimum Gasteiger partial charge on any atom is -0.398 e. The Labute approximate surface area is 325 Å². The van der Waals surface area contributed by atoms with Gasteiger partial charge in [-0.15, -0.1) is 0 Å². The predicted octanol–water partition coefficient (Wildman–Crippen LogP) is 9.85. The number of benzene rings is 5. The van der Waals surface area contributed by atoms with Crippen molar-refractivity contribution in [1.82, 2.24) is 24.9 Å². The third-order valence-electron chi connectivity index (χ3n) is 9.85. The van der Waals surface area contributed by atoms with Crippen LogP contribution in [0.25, 0.3) is 45.6 Å². The van der Waals surface area contributed by atoms with Gasteiger partial charge in [-0.1, -0.05) is 170 Å². The number of anilines is 2. The summed E-state index contributed by atoms with van der Waals surface area (Å²) in [5.41, 5.74) is 15.5. The first-order valence-corrected chi connectivity index (χ1v) is 18.4. The first kappa shape index (κ1) is 34.2. The molecule has 3 heterocycles. The van der Waals surface area contributed by atoms with Gasteiger partial charge in [0.15, 0.2) is 11.6 Å². The summed E-state index contributed by atoms with van der Waals surface area (Å²) in [6.45, 7) is 4.43. The largest absolute Gasteiger partial charge is 0.398 e. The molecule has 56 heavy (non-hydrogen) atoms. The second-order valence-corrected chi connectivity index (χ2v) is 13.5. The Morgan fingerprint density at radius 2 is 1.16 bits per heavy atom. The molecule has 5 aromatic carbocycles. The van der Waals surface area contributed by atoms with Gasteiger partial charge in [-0.25, -0.2) is 19.9 Å². The maximum Gasteiger partial charge on any atom is 0.234 e. The maximum atomic E-state index is 6.66. The molecule has 0 saturated heterocycles. The molecule has 268 valence electrons. The molecule has 7 aromatic rings. The number of nitrogens with zero attached hydrogens (tertiary/aromatic N) is 7. The highest BCUT2D eigenvalue weighted by Gasteiger charge is 2.39. The number of para-hydroxylation sites is 1. The van der Waals surface area contributed by atoms with Crippen LogP contribution in [0.3, 0.4) is 0 Å². The standard InChI is InChI=1S/C48H36N8/c1-32(50-40(34-20-8-3-9-21-34)30-39(49)33-18-6-2-7-19-33)45-53-47(55-48(54-45)56-43-28-16-14-26-37(43)38-27-15-17-29-44(38)56)46-51-41(35-22-10-4-11-23-35)31-42(52-46)36-24-12-5-13-25-36/h2-31,37,43H,1,49H2/b39-30-,50-40?. The third-order valence-corrected chi connectivity index (χ3v) is 9.85. The molecule has 0 amide bonds. The molecule has 0 saturated carbocycles.